The van der Waals surface area contributed by atoms with Crippen molar-refractivity contribution in [3.8, 4) is 0 Å². The first-order chi connectivity index (χ1) is 7.32. The fourth-order valence-electron chi connectivity index (χ4n) is 2.86. The highest BCUT2D eigenvalue weighted by Crippen LogP contribution is 2.71. The fourth-order valence-corrected chi connectivity index (χ4v) is 2.86. The number of nitrogens with zero attached hydrogens (tertiary/aromatic N) is 2. The van der Waals surface area contributed by atoms with Crippen LogP contribution in [-0.2, 0) is 0 Å². The Hall–Kier alpha value is -0.990. The Kier molecular flexibility index (Phi) is 2.34. The van der Waals surface area contributed by atoms with Gasteiger partial charge in [0.05, 0.1) is 5.69 Å². The number of aryl methyl sites for hydroxylation is 1. The molecule has 3 heteroatoms. The summed E-state index contributed by atoms with van der Waals surface area (Å²) in [6.45, 7) is 14.4. The molecule has 0 spiro atoms. The van der Waals surface area contributed by atoms with Crippen LogP contribution in [-0.4, -0.2) is 16.1 Å². The van der Waals surface area contributed by atoms with Crippen LogP contribution in [0, 0.1) is 17.8 Å². The molecule has 1 N–H and O–H groups in total. The largest absolute Gasteiger partial charge is 0.356 e. The number of aromatic nitrogens is 2. The predicted molar refractivity (Wildman–Crippen MR) is 67.7 cm³/mol. The standard InChI is InChI=1S/C13H23N3/c1-7-14-11-15-9(2)8-16(11)10-12(3,4)13(10,5)6/h8,10H,7H2,1-6H3,(H,14,15). The van der Waals surface area contributed by atoms with Crippen LogP contribution in [0.4, 0.5) is 5.95 Å². The summed E-state index contributed by atoms with van der Waals surface area (Å²) in [5.41, 5.74) is 1.80. The lowest BCUT2D eigenvalue weighted by Gasteiger charge is -2.10. The van der Waals surface area contributed by atoms with Crippen LogP contribution < -0.4 is 5.32 Å². The zero-order chi connectivity index (χ0) is 12.1. The van der Waals surface area contributed by atoms with Gasteiger partial charge in [0, 0.05) is 18.8 Å². The molecule has 1 aliphatic carbocycles. The van der Waals surface area contributed by atoms with Crippen LogP contribution in [0.2, 0.25) is 0 Å². The van der Waals surface area contributed by atoms with E-state index in [4.69, 9.17) is 0 Å². The van der Waals surface area contributed by atoms with Gasteiger partial charge < -0.3 is 9.88 Å². The van der Waals surface area contributed by atoms with Crippen LogP contribution in [0.1, 0.15) is 46.4 Å². The van der Waals surface area contributed by atoms with E-state index in [1.165, 1.54) is 0 Å². The van der Waals surface area contributed by atoms with Crippen LogP contribution in [0.5, 0.6) is 0 Å². The van der Waals surface area contributed by atoms with Crippen LogP contribution in [0.15, 0.2) is 6.20 Å². The molecule has 0 atom stereocenters. The van der Waals surface area contributed by atoms with E-state index in [2.05, 4.69) is 62.6 Å². The third-order valence-electron chi connectivity index (χ3n) is 4.41. The minimum Gasteiger partial charge on any atom is -0.356 e. The molecule has 1 aromatic rings. The van der Waals surface area contributed by atoms with E-state index >= 15 is 0 Å². The quantitative estimate of drug-likeness (QED) is 0.849. The number of rotatable bonds is 3. The summed E-state index contributed by atoms with van der Waals surface area (Å²) in [6, 6.07) is 0.551. The van der Waals surface area contributed by atoms with Crippen molar-refractivity contribution in [2.45, 2.75) is 47.6 Å². The highest BCUT2D eigenvalue weighted by Gasteiger charge is 2.66. The van der Waals surface area contributed by atoms with Crippen LogP contribution >= 0.6 is 0 Å². The van der Waals surface area contributed by atoms with Gasteiger partial charge in [-0.15, -0.1) is 0 Å². The van der Waals surface area contributed by atoms with Crippen molar-refractivity contribution in [2.24, 2.45) is 10.8 Å². The number of anilines is 1. The van der Waals surface area contributed by atoms with E-state index in [0.29, 0.717) is 16.9 Å². The molecule has 1 heterocycles. The second-order valence-corrected chi connectivity index (χ2v) is 5.99. The van der Waals surface area contributed by atoms with E-state index in [9.17, 15) is 0 Å². The van der Waals surface area contributed by atoms with Crippen molar-refractivity contribution in [1.82, 2.24) is 9.55 Å². The van der Waals surface area contributed by atoms with E-state index in [-0.39, 0.29) is 0 Å². The van der Waals surface area contributed by atoms with Crippen molar-refractivity contribution in [3.05, 3.63) is 11.9 Å². The highest BCUT2D eigenvalue weighted by molar-refractivity contribution is 5.34. The molecule has 0 aliphatic heterocycles. The van der Waals surface area contributed by atoms with Gasteiger partial charge in [-0.05, 0) is 24.7 Å². The summed E-state index contributed by atoms with van der Waals surface area (Å²) in [5.74, 6) is 1.02. The number of hydrogen-bond acceptors (Lipinski definition) is 2. The van der Waals surface area contributed by atoms with Gasteiger partial charge in [-0.1, -0.05) is 27.7 Å². The molecule has 1 aliphatic rings. The predicted octanol–water partition coefficient (Wildman–Crippen LogP) is 3.23. The normalized spacial score (nSPS) is 22.1. The van der Waals surface area contributed by atoms with Crippen LogP contribution in [0.25, 0.3) is 0 Å². The lowest BCUT2D eigenvalue weighted by atomic mass is 10.0. The Labute approximate surface area is 98.3 Å². The first kappa shape index (κ1) is 11.5. The minimum atomic E-state index is 0.351. The van der Waals surface area contributed by atoms with E-state index in [0.717, 1.165) is 18.2 Å². The molecule has 1 saturated carbocycles. The maximum atomic E-state index is 4.54. The molecule has 16 heavy (non-hydrogen) atoms. The molecule has 0 radical (unpaired) electrons. The van der Waals surface area contributed by atoms with Crippen molar-refractivity contribution in [1.29, 1.82) is 0 Å². The van der Waals surface area contributed by atoms with Gasteiger partial charge >= 0.3 is 0 Å². The maximum Gasteiger partial charge on any atom is 0.203 e. The second kappa shape index (κ2) is 3.25. The summed E-state index contributed by atoms with van der Waals surface area (Å²) >= 11 is 0. The van der Waals surface area contributed by atoms with E-state index in [1.54, 1.807) is 0 Å². The highest BCUT2D eigenvalue weighted by atomic mass is 15.3. The molecule has 0 aromatic carbocycles. The molecule has 0 unspecified atom stereocenters. The zero-order valence-electron chi connectivity index (χ0n) is 11.3. The summed E-state index contributed by atoms with van der Waals surface area (Å²) in [5, 5.41) is 3.35. The smallest absolute Gasteiger partial charge is 0.203 e. The Morgan fingerprint density at radius 3 is 2.31 bits per heavy atom. The van der Waals surface area contributed by atoms with Gasteiger partial charge in [-0.25, -0.2) is 4.98 Å². The average molecular weight is 221 g/mol. The Morgan fingerprint density at radius 1 is 1.31 bits per heavy atom. The second-order valence-electron chi connectivity index (χ2n) is 5.99. The summed E-state index contributed by atoms with van der Waals surface area (Å²) in [6.07, 6.45) is 2.17. The van der Waals surface area contributed by atoms with Gasteiger partial charge in [0.15, 0.2) is 0 Å². The first-order valence-corrected chi connectivity index (χ1v) is 6.11. The number of imidazole rings is 1. The van der Waals surface area contributed by atoms with E-state index in [1.807, 2.05) is 0 Å². The average Bonchev–Trinajstić information content (AvgIpc) is 2.41. The molecular formula is C13H23N3. The lowest BCUT2D eigenvalue weighted by molar-refractivity contribution is 0.457. The third-order valence-corrected chi connectivity index (χ3v) is 4.41. The lowest BCUT2D eigenvalue weighted by Crippen LogP contribution is -2.08. The molecular weight excluding hydrogens is 198 g/mol. The van der Waals surface area contributed by atoms with Gasteiger partial charge in [-0.3, -0.25) is 0 Å². The molecule has 2 rings (SSSR count). The first-order valence-electron chi connectivity index (χ1n) is 6.11. The Morgan fingerprint density at radius 2 is 1.88 bits per heavy atom. The van der Waals surface area contributed by atoms with E-state index < -0.39 is 0 Å². The monoisotopic (exact) mass is 221 g/mol. The molecule has 1 fully saturated rings. The zero-order valence-corrected chi connectivity index (χ0v) is 11.3. The summed E-state index contributed by atoms with van der Waals surface area (Å²) in [4.78, 5) is 4.54. The molecule has 1 aromatic heterocycles. The Bertz CT molecular complexity index is 387. The summed E-state index contributed by atoms with van der Waals surface area (Å²) < 4.78 is 2.32. The van der Waals surface area contributed by atoms with Gasteiger partial charge in [0.2, 0.25) is 5.95 Å². The SMILES string of the molecule is CCNc1nc(C)cn1C1C(C)(C)C1(C)C. The molecule has 0 amide bonds. The molecule has 90 valence electrons. The van der Waals surface area contributed by atoms with Crippen molar-refractivity contribution >= 4 is 5.95 Å². The number of hydrogen-bond donors (Lipinski definition) is 1. The minimum absolute atomic E-state index is 0.351. The molecule has 3 nitrogen and oxygen atoms in total. The topological polar surface area (TPSA) is 29.9 Å². The van der Waals surface area contributed by atoms with Crippen molar-refractivity contribution in [3.63, 3.8) is 0 Å². The Balaban J connectivity index is 2.36. The summed E-state index contributed by atoms with van der Waals surface area (Å²) in [7, 11) is 0. The number of nitrogens with one attached hydrogen (secondary N) is 1. The van der Waals surface area contributed by atoms with Gasteiger partial charge in [0.1, 0.15) is 0 Å². The maximum absolute atomic E-state index is 4.54. The third kappa shape index (κ3) is 1.37. The van der Waals surface area contributed by atoms with Crippen molar-refractivity contribution in [2.75, 3.05) is 11.9 Å². The molecule has 0 bridgehead atoms. The van der Waals surface area contributed by atoms with Crippen molar-refractivity contribution < 1.29 is 0 Å². The van der Waals surface area contributed by atoms with Crippen LogP contribution in [0.3, 0.4) is 0 Å². The fraction of sp³-hybridized carbons (Fsp3) is 0.769. The van der Waals surface area contributed by atoms with Gasteiger partial charge in [-0.2, -0.15) is 0 Å². The molecule has 0 saturated heterocycles. The van der Waals surface area contributed by atoms with Gasteiger partial charge in [0.25, 0.3) is 0 Å².